The lowest BCUT2D eigenvalue weighted by atomic mass is 10.2. The minimum Gasteiger partial charge on any atom is -0.307 e. The number of nitrogens with zero attached hydrogens (tertiary/aromatic N) is 2. The highest BCUT2D eigenvalue weighted by Crippen LogP contribution is 2.15. The molecule has 0 aliphatic rings. The van der Waals surface area contributed by atoms with Crippen LogP contribution in [0.1, 0.15) is 31.0 Å². The maximum Gasteiger partial charge on any atom is 0.179 e. The van der Waals surface area contributed by atoms with Gasteiger partial charge in [0.15, 0.2) is 9.84 Å². The second-order valence-corrected chi connectivity index (χ2v) is 7.87. The summed E-state index contributed by atoms with van der Waals surface area (Å²) >= 11 is 0. The first-order valence-electron chi connectivity index (χ1n) is 7.32. The second kappa shape index (κ2) is 6.62. The van der Waals surface area contributed by atoms with Crippen molar-refractivity contribution in [3.8, 4) is 0 Å². The van der Waals surface area contributed by atoms with Crippen LogP contribution in [-0.2, 0) is 16.9 Å². The topological polar surface area (TPSA) is 64.0 Å². The second-order valence-electron chi connectivity index (χ2n) is 5.83. The van der Waals surface area contributed by atoms with Gasteiger partial charge in [-0.1, -0.05) is 17.7 Å². The average molecular weight is 321 g/mol. The molecule has 0 aliphatic heterocycles. The Labute approximate surface area is 132 Å². The number of aromatic nitrogens is 2. The van der Waals surface area contributed by atoms with E-state index in [0.29, 0.717) is 4.90 Å². The number of benzene rings is 1. The molecule has 0 radical (unpaired) electrons. The van der Waals surface area contributed by atoms with Gasteiger partial charge in [-0.25, -0.2) is 8.42 Å². The molecule has 0 unspecified atom stereocenters. The summed E-state index contributed by atoms with van der Waals surface area (Å²) in [6, 6.07) is 6.88. The first kappa shape index (κ1) is 16.7. The molecule has 1 N–H and O–H groups in total. The van der Waals surface area contributed by atoms with E-state index in [-0.39, 0.29) is 17.8 Å². The third kappa shape index (κ3) is 4.18. The third-order valence-electron chi connectivity index (χ3n) is 3.61. The van der Waals surface area contributed by atoms with Gasteiger partial charge in [0.2, 0.25) is 0 Å². The molecule has 1 aromatic carbocycles. The molecule has 5 nitrogen and oxygen atoms in total. The van der Waals surface area contributed by atoms with E-state index < -0.39 is 9.84 Å². The van der Waals surface area contributed by atoms with Gasteiger partial charge in [0.1, 0.15) is 0 Å². The number of hydrogen-bond acceptors (Lipinski definition) is 4. The summed E-state index contributed by atoms with van der Waals surface area (Å²) in [5.74, 6) is 0.0701. The van der Waals surface area contributed by atoms with Gasteiger partial charge in [0.25, 0.3) is 0 Å². The van der Waals surface area contributed by atoms with Crippen molar-refractivity contribution in [2.45, 2.75) is 37.8 Å². The van der Waals surface area contributed by atoms with Crippen LogP contribution < -0.4 is 5.32 Å². The molecule has 22 heavy (non-hydrogen) atoms. The number of hydrogen-bond donors (Lipinski definition) is 1. The zero-order valence-electron chi connectivity index (χ0n) is 13.4. The zero-order chi connectivity index (χ0) is 16.3. The zero-order valence-corrected chi connectivity index (χ0v) is 14.3. The molecule has 0 aliphatic carbocycles. The van der Waals surface area contributed by atoms with E-state index in [2.05, 4.69) is 10.4 Å². The van der Waals surface area contributed by atoms with Crippen LogP contribution in [0.5, 0.6) is 0 Å². The predicted octanol–water partition coefficient (Wildman–Crippen LogP) is 2.24. The first-order chi connectivity index (χ1) is 10.3. The largest absolute Gasteiger partial charge is 0.307 e. The lowest BCUT2D eigenvalue weighted by Crippen LogP contribution is -2.34. The molecule has 0 saturated heterocycles. The highest BCUT2D eigenvalue weighted by atomic mass is 32.2. The van der Waals surface area contributed by atoms with Gasteiger partial charge in [-0.2, -0.15) is 5.10 Å². The van der Waals surface area contributed by atoms with Crippen molar-refractivity contribution in [3.63, 3.8) is 0 Å². The molecule has 2 atom stereocenters. The summed E-state index contributed by atoms with van der Waals surface area (Å²) in [7, 11) is -1.42. The summed E-state index contributed by atoms with van der Waals surface area (Å²) in [6.07, 6.45) is 3.72. The van der Waals surface area contributed by atoms with Crippen LogP contribution in [-0.4, -0.2) is 30.0 Å². The van der Waals surface area contributed by atoms with E-state index in [9.17, 15) is 8.42 Å². The Morgan fingerprint density at radius 2 is 1.86 bits per heavy atom. The van der Waals surface area contributed by atoms with Gasteiger partial charge in [0, 0.05) is 30.9 Å². The van der Waals surface area contributed by atoms with Crippen LogP contribution in [0.3, 0.4) is 0 Å². The molecule has 0 saturated carbocycles. The summed E-state index contributed by atoms with van der Waals surface area (Å²) in [4.78, 5) is 0.376. The van der Waals surface area contributed by atoms with Crippen LogP contribution in [0.4, 0.5) is 0 Å². The molecule has 0 fully saturated rings. The smallest absolute Gasteiger partial charge is 0.179 e. The summed E-state index contributed by atoms with van der Waals surface area (Å²) < 4.78 is 26.6. The van der Waals surface area contributed by atoms with Crippen molar-refractivity contribution < 1.29 is 8.42 Å². The van der Waals surface area contributed by atoms with Crippen LogP contribution in [0, 0.1) is 6.92 Å². The standard InChI is InChI=1S/C16H23N3O2S/c1-12-5-7-16(8-6-12)22(20,21)11-13(2)18-14(3)15-9-17-19(4)10-15/h5-10,13-14,18H,11H2,1-4H3/t13-,14-/m1/s1. The van der Waals surface area contributed by atoms with Crippen molar-refractivity contribution >= 4 is 9.84 Å². The molecular weight excluding hydrogens is 298 g/mol. The summed E-state index contributed by atoms with van der Waals surface area (Å²) in [6.45, 7) is 5.83. The van der Waals surface area contributed by atoms with E-state index >= 15 is 0 Å². The van der Waals surface area contributed by atoms with Crippen molar-refractivity contribution in [1.29, 1.82) is 0 Å². The molecule has 0 bridgehead atoms. The monoisotopic (exact) mass is 321 g/mol. The van der Waals surface area contributed by atoms with Crippen LogP contribution in [0.25, 0.3) is 0 Å². The molecule has 120 valence electrons. The number of rotatable bonds is 6. The third-order valence-corrected chi connectivity index (χ3v) is 5.54. The van der Waals surface area contributed by atoms with E-state index in [1.807, 2.05) is 46.1 Å². The number of aryl methyl sites for hydroxylation is 2. The normalized spacial score (nSPS) is 14.7. The van der Waals surface area contributed by atoms with Crippen LogP contribution in [0.2, 0.25) is 0 Å². The lowest BCUT2D eigenvalue weighted by Gasteiger charge is -2.19. The number of sulfone groups is 1. The first-order valence-corrected chi connectivity index (χ1v) is 8.97. The molecule has 0 amide bonds. The Hall–Kier alpha value is -1.66. The Morgan fingerprint density at radius 1 is 1.23 bits per heavy atom. The SMILES string of the molecule is Cc1ccc(S(=O)(=O)C[C@@H](C)N[C@H](C)c2cnn(C)c2)cc1. The number of nitrogens with one attached hydrogen (secondary N) is 1. The Balaban J connectivity index is 2.01. The fourth-order valence-electron chi connectivity index (χ4n) is 2.41. The Morgan fingerprint density at radius 3 is 2.41 bits per heavy atom. The highest BCUT2D eigenvalue weighted by Gasteiger charge is 2.20. The molecule has 1 aromatic heterocycles. The summed E-state index contributed by atoms with van der Waals surface area (Å²) in [5, 5.41) is 7.45. The molecule has 2 rings (SSSR count). The van der Waals surface area contributed by atoms with E-state index in [1.165, 1.54) is 0 Å². The molecule has 1 heterocycles. The van der Waals surface area contributed by atoms with Crippen LogP contribution >= 0.6 is 0 Å². The van der Waals surface area contributed by atoms with E-state index in [4.69, 9.17) is 0 Å². The maximum absolute atomic E-state index is 12.4. The molecule has 2 aromatic rings. The van der Waals surface area contributed by atoms with Gasteiger partial charge >= 0.3 is 0 Å². The Kier molecular flexibility index (Phi) is 5.03. The fraction of sp³-hybridized carbons (Fsp3) is 0.438. The van der Waals surface area contributed by atoms with Gasteiger partial charge < -0.3 is 5.32 Å². The predicted molar refractivity (Wildman–Crippen MR) is 87.5 cm³/mol. The molecule has 6 heteroatoms. The van der Waals surface area contributed by atoms with Crippen LogP contribution in [0.15, 0.2) is 41.6 Å². The van der Waals surface area contributed by atoms with Gasteiger partial charge in [-0.3, -0.25) is 4.68 Å². The van der Waals surface area contributed by atoms with Gasteiger partial charge in [-0.05, 0) is 32.9 Å². The lowest BCUT2D eigenvalue weighted by molar-refractivity contribution is 0.499. The highest BCUT2D eigenvalue weighted by molar-refractivity contribution is 7.91. The van der Waals surface area contributed by atoms with Crippen molar-refractivity contribution in [2.24, 2.45) is 7.05 Å². The van der Waals surface area contributed by atoms with Crippen molar-refractivity contribution in [1.82, 2.24) is 15.1 Å². The van der Waals surface area contributed by atoms with E-state index in [0.717, 1.165) is 11.1 Å². The van der Waals surface area contributed by atoms with Crippen molar-refractivity contribution in [2.75, 3.05) is 5.75 Å². The van der Waals surface area contributed by atoms with Gasteiger partial charge in [0.05, 0.1) is 16.8 Å². The quantitative estimate of drug-likeness (QED) is 0.886. The average Bonchev–Trinajstić information content (AvgIpc) is 2.85. The summed E-state index contributed by atoms with van der Waals surface area (Å²) in [5.41, 5.74) is 2.09. The molecule has 0 spiro atoms. The minimum atomic E-state index is -3.28. The molecular formula is C16H23N3O2S. The maximum atomic E-state index is 12.4. The fourth-order valence-corrected chi connectivity index (χ4v) is 3.90. The van der Waals surface area contributed by atoms with Gasteiger partial charge in [-0.15, -0.1) is 0 Å². The minimum absolute atomic E-state index is 0.0527. The Bertz CT molecular complexity index is 720. The van der Waals surface area contributed by atoms with Crippen molar-refractivity contribution in [3.05, 3.63) is 47.8 Å². The van der Waals surface area contributed by atoms with E-state index in [1.54, 1.807) is 23.0 Å².